The van der Waals surface area contributed by atoms with E-state index in [2.05, 4.69) is 12.6 Å². The molecule has 0 fully saturated rings. The third kappa shape index (κ3) is 5.56. The fourth-order valence-electron chi connectivity index (χ4n) is 0.195. The summed E-state index contributed by atoms with van der Waals surface area (Å²) in [6.45, 7) is 1.63. The van der Waals surface area contributed by atoms with Crippen LogP contribution in [0.1, 0.15) is 6.92 Å². The van der Waals surface area contributed by atoms with Gasteiger partial charge in [-0.2, -0.15) is 0 Å². The molecule has 0 atom stereocenters. The first-order valence-corrected chi connectivity index (χ1v) is 2.24. The van der Waals surface area contributed by atoms with Crippen LogP contribution < -0.4 is 5.73 Å². The summed E-state index contributed by atoms with van der Waals surface area (Å²) < 4.78 is 0. The van der Waals surface area contributed by atoms with Crippen LogP contribution in [0.2, 0.25) is 0 Å². The van der Waals surface area contributed by atoms with Crippen LogP contribution in [0.5, 0.6) is 0 Å². The third-order valence-electron chi connectivity index (χ3n) is 0.351. The predicted molar refractivity (Wildman–Crippen MR) is 31.9 cm³/mol. The highest BCUT2D eigenvalue weighted by Crippen LogP contribution is 1.83. The van der Waals surface area contributed by atoms with Gasteiger partial charge in [0.15, 0.2) is 0 Å². The number of allylic oxidation sites excluding steroid dienone is 1. The van der Waals surface area contributed by atoms with Crippen LogP contribution in [-0.4, -0.2) is 5.12 Å². The second-order valence-electron chi connectivity index (χ2n) is 1.23. The van der Waals surface area contributed by atoms with Crippen molar-refractivity contribution in [3.8, 4) is 0 Å². The minimum Gasteiger partial charge on any atom is -0.402 e. The summed E-state index contributed by atoms with van der Waals surface area (Å²) >= 11 is 3.44. The highest BCUT2D eigenvalue weighted by molar-refractivity contribution is 7.97. The molecule has 0 radical (unpaired) electrons. The normalized spacial score (nSPS) is 11.4. The number of carbonyl (C=O) groups is 1. The smallest absolute Gasteiger partial charge is 0.210 e. The minimum atomic E-state index is -0.306. The SMILES string of the molecule is CC(N)=CC(=O)S. The summed E-state index contributed by atoms with van der Waals surface area (Å²) in [6.07, 6.45) is 1.25. The van der Waals surface area contributed by atoms with Gasteiger partial charge in [0.2, 0.25) is 5.12 Å². The van der Waals surface area contributed by atoms with Crippen LogP contribution in [0.15, 0.2) is 11.8 Å². The molecule has 0 saturated heterocycles. The molecule has 7 heavy (non-hydrogen) atoms. The lowest BCUT2D eigenvalue weighted by atomic mass is 10.5. The summed E-state index contributed by atoms with van der Waals surface area (Å²) in [7, 11) is 0. The van der Waals surface area contributed by atoms with Crippen molar-refractivity contribution in [1.82, 2.24) is 0 Å². The quantitative estimate of drug-likeness (QED) is 0.383. The molecule has 2 nitrogen and oxygen atoms in total. The van der Waals surface area contributed by atoms with E-state index in [0.717, 1.165) is 0 Å². The van der Waals surface area contributed by atoms with E-state index in [1.807, 2.05) is 0 Å². The third-order valence-corrected chi connectivity index (χ3v) is 0.480. The van der Waals surface area contributed by atoms with Gasteiger partial charge in [-0.3, -0.25) is 4.79 Å². The fourth-order valence-corrected chi connectivity index (χ4v) is 0.398. The van der Waals surface area contributed by atoms with Gasteiger partial charge in [0.25, 0.3) is 0 Å². The van der Waals surface area contributed by atoms with Crippen LogP contribution in [0.3, 0.4) is 0 Å². The summed E-state index contributed by atoms with van der Waals surface area (Å²) in [5.74, 6) is 0. The first-order chi connectivity index (χ1) is 3.13. The standard InChI is InChI=1S/C4H7NOS/c1-3(5)2-4(6)7/h2H,5H2,1H3,(H,6,7). The lowest BCUT2D eigenvalue weighted by molar-refractivity contribution is -0.106. The molecule has 40 valence electrons. The Labute approximate surface area is 47.8 Å². The molecule has 0 saturated carbocycles. The monoisotopic (exact) mass is 117 g/mol. The van der Waals surface area contributed by atoms with E-state index in [-0.39, 0.29) is 5.12 Å². The summed E-state index contributed by atoms with van der Waals surface area (Å²) in [5, 5.41) is -0.306. The summed E-state index contributed by atoms with van der Waals surface area (Å²) in [6, 6.07) is 0. The molecule has 0 aromatic heterocycles. The molecule has 0 aromatic rings. The molecular weight excluding hydrogens is 110 g/mol. The lowest BCUT2D eigenvalue weighted by Gasteiger charge is -1.81. The van der Waals surface area contributed by atoms with Gasteiger partial charge < -0.3 is 5.73 Å². The van der Waals surface area contributed by atoms with Crippen molar-refractivity contribution in [3.63, 3.8) is 0 Å². The summed E-state index contributed by atoms with van der Waals surface area (Å²) in [4.78, 5) is 9.96. The van der Waals surface area contributed by atoms with Crippen LogP contribution in [0.25, 0.3) is 0 Å². The Morgan fingerprint density at radius 2 is 2.29 bits per heavy atom. The molecule has 0 aliphatic rings. The fraction of sp³-hybridized carbons (Fsp3) is 0.250. The zero-order valence-corrected chi connectivity index (χ0v) is 4.90. The number of nitrogens with two attached hydrogens (primary N) is 1. The molecule has 0 aromatic carbocycles. The molecule has 0 unspecified atom stereocenters. The number of hydrogen-bond donors (Lipinski definition) is 2. The van der Waals surface area contributed by atoms with E-state index in [4.69, 9.17) is 5.73 Å². The van der Waals surface area contributed by atoms with Crippen molar-refractivity contribution in [3.05, 3.63) is 11.8 Å². The molecule has 0 spiro atoms. The van der Waals surface area contributed by atoms with Crippen LogP contribution >= 0.6 is 12.6 Å². The van der Waals surface area contributed by atoms with Gasteiger partial charge in [0, 0.05) is 11.8 Å². The highest BCUT2D eigenvalue weighted by atomic mass is 32.1. The maximum absolute atomic E-state index is 9.96. The maximum Gasteiger partial charge on any atom is 0.210 e. The first-order valence-electron chi connectivity index (χ1n) is 1.79. The zero-order chi connectivity index (χ0) is 5.86. The molecule has 0 bridgehead atoms. The van der Waals surface area contributed by atoms with E-state index in [1.54, 1.807) is 6.92 Å². The van der Waals surface area contributed by atoms with Gasteiger partial charge in [0.1, 0.15) is 0 Å². The average molecular weight is 117 g/mol. The van der Waals surface area contributed by atoms with Crippen LogP contribution in [0, 0.1) is 0 Å². The van der Waals surface area contributed by atoms with Crippen LogP contribution in [-0.2, 0) is 4.79 Å². The number of hydrogen-bond acceptors (Lipinski definition) is 2. The molecule has 0 amide bonds. The van der Waals surface area contributed by atoms with E-state index in [9.17, 15) is 4.79 Å². The Kier molecular flexibility index (Phi) is 2.52. The second-order valence-corrected chi connectivity index (χ2v) is 1.67. The van der Waals surface area contributed by atoms with Gasteiger partial charge in [-0.25, -0.2) is 0 Å². The van der Waals surface area contributed by atoms with Crippen molar-refractivity contribution in [2.24, 2.45) is 5.73 Å². The summed E-state index contributed by atoms with van der Waals surface area (Å²) in [5.41, 5.74) is 5.57. The topological polar surface area (TPSA) is 43.1 Å². The second kappa shape index (κ2) is 2.69. The molecule has 0 aliphatic heterocycles. The number of carbonyl (C=O) groups excluding carboxylic acids is 1. The average Bonchev–Trinajstić information content (AvgIpc) is 1.27. The van der Waals surface area contributed by atoms with Gasteiger partial charge in [-0.15, -0.1) is 12.6 Å². The molecule has 0 heterocycles. The highest BCUT2D eigenvalue weighted by Gasteiger charge is 1.82. The maximum atomic E-state index is 9.96. The first kappa shape index (κ1) is 6.56. The zero-order valence-electron chi connectivity index (χ0n) is 4.01. The Morgan fingerprint density at radius 3 is 2.29 bits per heavy atom. The Morgan fingerprint density at radius 1 is 1.86 bits per heavy atom. The Balaban J connectivity index is 3.68. The van der Waals surface area contributed by atoms with Gasteiger partial charge in [0.05, 0.1) is 0 Å². The van der Waals surface area contributed by atoms with Gasteiger partial charge in [-0.05, 0) is 6.92 Å². The lowest BCUT2D eigenvalue weighted by Crippen LogP contribution is -1.92. The number of thiol groups is 1. The van der Waals surface area contributed by atoms with Crippen molar-refractivity contribution in [2.75, 3.05) is 0 Å². The van der Waals surface area contributed by atoms with Crippen molar-refractivity contribution >= 4 is 17.7 Å². The molecule has 0 aliphatic carbocycles. The Bertz CT molecular complexity index is 104. The number of rotatable bonds is 1. The van der Waals surface area contributed by atoms with Crippen molar-refractivity contribution in [1.29, 1.82) is 0 Å². The van der Waals surface area contributed by atoms with E-state index in [1.165, 1.54) is 6.08 Å². The largest absolute Gasteiger partial charge is 0.402 e. The van der Waals surface area contributed by atoms with Gasteiger partial charge >= 0.3 is 0 Å². The van der Waals surface area contributed by atoms with Crippen LogP contribution in [0.4, 0.5) is 0 Å². The Hall–Kier alpha value is -0.440. The molecular formula is C4H7NOS. The van der Waals surface area contributed by atoms with E-state index < -0.39 is 0 Å². The molecule has 2 N–H and O–H groups in total. The predicted octanol–water partition coefficient (Wildman–Crippen LogP) is 0.305. The molecule has 0 rings (SSSR count). The van der Waals surface area contributed by atoms with Crippen molar-refractivity contribution in [2.45, 2.75) is 6.92 Å². The molecule has 3 heteroatoms. The van der Waals surface area contributed by atoms with Gasteiger partial charge in [-0.1, -0.05) is 0 Å². The van der Waals surface area contributed by atoms with E-state index >= 15 is 0 Å². The van der Waals surface area contributed by atoms with Crippen molar-refractivity contribution < 1.29 is 4.79 Å². The van der Waals surface area contributed by atoms with E-state index in [0.29, 0.717) is 5.70 Å². The minimum absolute atomic E-state index is 0.306.